The minimum Gasteiger partial charge on any atom is -0.391 e. The third-order valence-electron chi connectivity index (χ3n) is 3.49. The van der Waals surface area contributed by atoms with Gasteiger partial charge in [-0.1, -0.05) is 26.3 Å². The zero-order chi connectivity index (χ0) is 15.8. The average Bonchev–Trinajstić information content (AvgIpc) is 2.46. The summed E-state index contributed by atoms with van der Waals surface area (Å²) in [7, 11) is 0. The number of rotatable bonds is 7. The van der Waals surface area contributed by atoms with Crippen molar-refractivity contribution in [1.82, 2.24) is 10.6 Å². The van der Waals surface area contributed by atoms with Crippen molar-refractivity contribution in [2.24, 2.45) is 5.92 Å². The molecule has 2 unspecified atom stereocenters. The van der Waals surface area contributed by atoms with E-state index < -0.39 is 23.8 Å². The predicted octanol–water partition coefficient (Wildman–Crippen LogP) is 2.21. The van der Waals surface area contributed by atoms with Gasteiger partial charge in [0.05, 0.1) is 6.10 Å². The van der Waals surface area contributed by atoms with Gasteiger partial charge in [-0.15, -0.1) is 0 Å². The summed E-state index contributed by atoms with van der Waals surface area (Å²) < 4.78 is 26.7. The molecule has 1 aromatic carbocycles. The summed E-state index contributed by atoms with van der Waals surface area (Å²) in [6.45, 7) is 4.11. The topological polar surface area (TPSA) is 61.4 Å². The fraction of sp³-hybridized carbons (Fsp3) is 0.533. The SMILES string of the molecule is CCC(C)C(O)CNC(=O)NCCc1c(F)cccc1F. The highest BCUT2D eigenvalue weighted by Crippen LogP contribution is 2.12. The molecule has 4 nitrogen and oxygen atoms in total. The lowest BCUT2D eigenvalue weighted by molar-refractivity contribution is 0.114. The standard InChI is InChI=1S/C15H22F2N2O2/c1-3-10(2)14(20)9-19-15(21)18-8-7-11-12(16)5-4-6-13(11)17/h4-6,10,14,20H,3,7-9H2,1-2H3,(H2,18,19,21). The van der Waals surface area contributed by atoms with Crippen LogP contribution in [-0.4, -0.2) is 30.3 Å². The number of carbonyl (C=O) groups is 1. The summed E-state index contributed by atoms with van der Waals surface area (Å²) in [5, 5.41) is 14.7. The Morgan fingerprint density at radius 1 is 1.29 bits per heavy atom. The molecular weight excluding hydrogens is 278 g/mol. The first-order chi connectivity index (χ1) is 9.95. The average molecular weight is 300 g/mol. The number of urea groups is 1. The third-order valence-corrected chi connectivity index (χ3v) is 3.49. The molecule has 2 amide bonds. The van der Waals surface area contributed by atoms with Crippen molar-refractivity contribution < 1.29 is 18.7 Å². The predicted molar refractivity (Wildman–Crippen MR) is 76.9 cm³/mol. The monoisotopic (exact) mass is 300 g/mol. The van der Waals surface area contributed by atoms with Crippen LogP contribution >= 0.6 is 0 Å². The Bertz CT molecular complexity index is 449. The van der Waals surface area contributed by atoms with Gasteiger partial charge in [-0.05, 0) is 24.5 Å². The van der Waals surface area contributed by atoms with Crippen LogP contribution < -0.4 is 10.6 Å². The van der Waals surface area contributed by atoms with Gasteiger partial charge in [-0.3, -0.25) is 0 Å². The molecule has 0 aliphatic carbocycles. The molecule has 21 heavy (non-hydrogen) atoms. The lowest BCUT2D eigenvalue weighted by Gasteiger charge is -2.17. The molecule has 0 heterocycles. The molecule has 3 N–H and O–H groups in total. The van der Waals surface area contributed by atoms with Gasteiger partial charge in [0.15, 0.2) is 0 Å². The molecule has 0 spiro atoms. The number of aliphatic hydroxyl groups excluding tert-OH is 1. The van der Waals surface area contributed by atoms with Crippen molar-refractivity contribution in [1.29, 1.82) is 0 Å². The van der Waals surface area contributed by atoms with E-state index in [1.165, 1.54) is 18.2 Å². The minimum atomic E-state index is -0.621. The summed E-state index contributed by atoms with van der Waals surface area (Å²) in [6, 6.07) is 3.20. The Balaban J connectivity index is 2.31. The summed E-state index contributed by atoms with van der Waals surface area (Å²) >= 11 is 0. The molecule has 0 bridgehead atoms. The van der Waals surface area contributed by atoms with Gasteiger partial charge in [-0.25, -0.2) is 13.6 Å². The molecule has 6 heteroatoms. The first kappa shape index (κ1) is 17.4. The molecule has 0 saturated heterocycles. The molecule has 1 aromatic rings. The van der Waals surface area contributed by atoms with Gasteiger partial charge < -0.3 is 15.7 Å². The van der Waals surface area contributed by atoms with Crippen LogP contribution in [0.1, 0.15) is 25.8 Å². The fourth-order valence-electron chi connectivity index (χ4n) is 1.81. The molecule has 0 saturated carbocycles. The van der Waals surface area contributed by atoms with E-state index in [0.717, 1.165) is 6.42 Å². The van der Waals surface area contributed by atoms with Crippen molar-refractivity contribution in [3.8, 4) is 0 Å². The Morgan fingerprint density at radius 3 is 2.48 bits per heavy atom. The second-order valence-corrected chi connectivity index (χ2v) is 5.04. The van der Waals surface area contributed by atoms with Crippen molar-refractivity contribution in [3.05, 3.63) is 35.4 Å². The smallest absolute Gasteiger partial charge is 0.314 e. The molecule has 2 atom stereocenters. The Morgan fingerprint density at radius 2 is 1.90 bits per heavy atom. The highest BCUT2D eigenvalue weighted by molar-refractivity contribution is 5.73. The van der Waals surface area contributed by atoms with Crippen molar-refractivity contribution >= 4 is 6.03 Å². The third kappa shape index (κ3) is 5.67. The van der Waals surface area contributed by atoms with Crippen LogP contribution in [0, 0.1) is 17.6 Å². The lowest BCUT2D eigenvalue weighted by atomic mass is 10.0. The largest absolute Gasteiger partial charge is 0.391 e. The van der Waals surface area contributed by atoms with Crippen molar-refractivity contribution in [2.45, 2.75) is 32.8 Å². The van der Waals surface area contributed by atoms with Gasteiger partial charge in [-0.2, -0.15) is 0 Å². The van der Waals surface area contributed by atoms with Gasteiger partial charge >= 0.3 is 6.03 Å². The molecule has 0 aliphatic rings. The maximum absolute atomic E-state index is 13.4. The van der Waals surface area contributed by atoms with Gasteiger partial charge in [0.25, 0.3) is 0 Å². The van der Waals surface area contributed by atoms with Crippen LogP contribution in [0.3, 0.4) is 0 Å². The van der Waals surface area contributed by atoms with Crippen LogP contribution in [0.2, 0.25) is 0 Å². The van der Waals surface area contributed by atoms with E-state index in [-0.39, 0.29) is 31.0 Å². The molecule has 0 aliphatic heterocycles. The Hall–Kier alpha value is -1.69. The number of hydrogen-bond donors (Lipinski definition) is 3. The zero-order valence-electron chi connectivity index (χ0n) is 12.3. The summed E-state index contributed by atoms with van der Waals surface area (Å²) in [4.78, 5) is 11.5. The first-order valence-electron chi connectivity index (χ1n) is 7.08. The second kappa shape index (κ2) is 8.56. The van der Waals surface area contributed by atoms with Gasteiger partial charge in [0.1, 0.15) is 11.6 Å². The zero-order valence-corrected chi connectivity index (χ0v) is 12.3. The Labute approximate surface area is 123 Å². The quantitative estimate of drug-likeness (QED) is 0.723. The van der Waals surface area contributed by atoms with Gasteiger partial charge in [0, 0.05) is 18.7 Å². The van der Waals surface area contributed by atoms with E-state index in [1.807, 2.05) is 13.8 Å². The number of amides is 2. The summed E-state index contributed by atoms with van der Waals surface area (Å²) in [6.07, 6.45) is 0.279. The number of hydrogen-bond acceptors (Lipinski definition) is 2. The van der Waals surface area contributed by atoms with Gasteiger partial charge in [0.2, 0.25) is 0 Å². The van der Waals surface area contributed by atoms with E-state index in [4.69, 9.17) is 0 Å². The highest BCUT2D eigenvalue weighted by Gasteiger charge is 2.13. The van der Waals surface area contributed by atoms with Crippen molar-refractivity contribution in [3.63, 3.8) is 0 Å². The maximum atomic E-state index is 13.4. The molecule has 1 rings (SSSR count). The maximum Gasteiger partial charge on any atom is 0.314 e. The number of nitrogens with one attached hydrogen (secondary N) is 2. The highest BCUT2D eigenvalue weighted by atomic mass is 19.1. The van der Waals surface area contributed by atoms with Crippen LogP contribution in [0.25, 0.3) is 0 Å². The van der Waals surface area contributed by atoms with Crippen LogP contribution in [-0.2, 0) is 6.42 Å². The number of aliphatic hydroxyl groups is 1. The number of halogens is 2. The molecule has 0 aromatic heterocycles. The van der Waals surface area contributed by atoms with Crippen LogP contribution in [0.5, 0.6) is 0 Å². The summed E-state index contributed by atoms with van der Waals surface area (Å²) in [5.41, 5.74) is -0.0440. The van der Waals surface area contributed by atoms with Crippen LogP contribution in [0.4, 0.5) is 13.6 Å². The minimum absolute atomic E-state index is 0.0440. The molecule has 0 radical (unpaired) electrons. The lowest BCUT2D eigenvalue weighted by Crippen LogP contribution is -2.42. The van der Waals surface area contributed by atoms with E-state index in [2.05, 4.69) is 10.6 Å². The Kier molecular flexibility index (Phi) is 7.08. The van der Waals surface area contributed by atoms with E-state index >= 15 is 0 Å². The first-order valence-corrected chi connectivity index (χ1v) is 7.08. The normalized spacial score (nSPS) is 13.6. The number of benzene rings is 1. The molecular formula is C15H22F2N2O2. The van der Waals surface area contributed by atoms with E-state index in [1.54, 1.807) is 0 Å². The van der Waals surface area contributed by atoms with E-state index in [0.29, 0.717) is 0 Å². The van der Waals surface area contributed by atoms with Crippen LogP contribution in [0.15, 0.2) is 18.2 Å². The molecule has 0 fully saturated rings. The number of carbonyl (C=O) groups excluding carboxylic acids is 1. The van der Waals surface area contributed by atoms with E-state index in [9.17, 15) is 18.7 Å². The second-order valence-electron chi connectivity index (χ2n) is 5.04. The fourth-order valence-corrected chi connectivity index (χ4v) is 1.81. The molecule has 118 valence electrons. The van der Waals surface area contributed by atoms with Crippen molar-refractivity contribution in [2.75, 3.05) is 13.1 Å². The summed E-state index contributed by atoms with van der Waals surface area (Å²) in [5.74, 6) is -1.15.